The van der Waals surface area contributed by atoms with Crippen LogP contribution in [0, 0.1) is 13.8 Å². The number of benzene rings is 4. The van der Waals surface area contributed by atoms with Gasteiger partial charge in [-0.25, -0.2) is 4.98 Å². The number of fused-ring (bicyclic) bond motifs is 4. The Balaban J connectivity index is 1.61. The third-order valence-electron chi connectivity index (χ3n) is 7.64. The second-order valence-electron chi connectivity index (χ2n) is 9.56. The van der Waals surface area contributed by atoms with E-state index in [0.29, 0.717) is 22.4 Å². The molecule has 0 saturated heterocycles. The van der Waals surface area contributed by atoms with E-state index in [2.05, 4.69) is 43.1 Å². The van der Waals surface area contributed by atoms with Crippen LogP contribution < -0.4 is 5.56 Å². The maximum absolute atomic E-state index is 13.9. The molecule has 0 spiro atoms. The lowest BCUT2D eigenvalue weighted by Crippen LogP contribution is -2.37. The summed E-state index contributed by atoms with van der Waals surface area (Å²) in [6.07, 6.45) is 0. The number of amidine groups is 1. The quantitative estimate of drug-likeness (QED) is 0.326. The molecule has 0 N–H and O–H groups in total. The minimum atomic E-state index is -0.137. The molecule has 36 heavy (non-hydrogen) atoms. The summed E-state index contributed by atoms with van der Waals surface area (Å²) in [7, 11) is 3.40. The van der Waals surface area contributed by atoms with Crippen LogP contribution in [0.3, 0.4) is 0 Å². The van der Waals surface area contributed by atoms with Crippen LogP contribution in [0.2, 0.25) is 0 Å². The molecular weight excluding hydrogens is 448 g/mol. The zero-order valence-corrected chi connectivity index (χ0v) is 20.4. The highest BCUT2D eigenvalue weighted by Crippen LogP contribution is 2.37. The van der Waals surface area contributed by atoms with Crippen LogP contribution in [0.15, 0.2) is 70.5 Å². The molecule has 1 aliphatic heterocycles. The molecule has 6 heteroatoms. The van der Waals surface area contributed by atoms with Gasteiger partial charge in [0, 0.05) is 46.8 Å². The molecule has 174 valence electrons. The van der Waals surface area contributed by atoms with E-state index in [0.717, 1.165) is 43.9 Å². The number of hydrogen-bond acceptors (Lipinski definition) is 4. The lowest BCUT2D eigenvalue weighted by atomic mass is 9.90. The van der Waals surface area contributed by atoms with Gasteiger partial charge in [0.05, 0.1) is 11.0 Å². The normalized spacial score (nSPS) is 14.8. The van der Waals surface area contributed by atoms with Crippen LogP contribution in [-0.4, -0.2) is 40.1 Å². The Labute approximate surface area is 206 Å². The molecule has 0 saturated carbocycles. The van der Waals surface area contributed by atoms with Crippen molar-refractivity contribution >= 4 is 50.0 Å². The summed E-state index contributed by atoms with van der Waals surface area (Å²) < 4.78 is 1.71. The minimum Gasteiger partial charge on any atom is -0.296 e. The Morgan fingerprint density at radius 3 is 2.28 bits per heavy atom. The molecule has 0 radical (unpaired) electrons. The topological polar surface area (TPSA) is 67.0 Å². The number of imidazole rings is 1. The molecule has 0 bridgehead atoms. The van der Waals surface area contributed by atoms with E-state index >= 15 is 0 Å². The van der Waals surface area contributed by atoms with E-state index < -0.39 is 0 Å². The predicted octanol–water partition coefficient (Wildman–Crippen LogP) is 5.34. The Morgan fingerprint density at radius 1 is 0.778 bits per heavy atom. The van der Waals surface area contributed by atoms with Gasteiger partial charge in [0.25, 0.3) is 11.5 Å². The summed E-state index contributed by atoms with van der Waals surface area (Å²) in [6.45, 7) is 4.21. The van der Waals surface area contributed by atoms with Crippen molar-refractivity contribution < 1.29 is 4.79 Å². The highest BCUT2D eigenvalue weighted by molar-refractivity contribution is 6.32. The van der Waals surface area contributed by atoms with Crippen molar-refractivity contribution in [3.05, 3.63) is 93.3 Å². The van der Waals surface area contributed by atoms with Gasteiger partial charge >= 0.3 is 0 Å². The zero-order valence-electron chi connectivity index (χ0n) is 20.4. The summed E-state index contributed by atoms with van der Waals surface area (Å²) in [5, 5.41) is 2.97. The van der Waals surface area contributed by atoms with Crippen LogP contribution in [0.1, 0.15) is 27.0 Å². The fourth-order valence-electron chi connectivity index (χ4n) is 5.64. The van der Waals surface area contributed by atoms with Gasteiger partial charge in [0.2, 0.25) is 0 Å². The van der Waals surface area contributed by atoms with Crippen LogP contribution in [-0.2, 0) is 0 Å². The van der Waals surface area contributed by atoms with Crippen LogP contribution in [0.25, 0.3) is 49.4 Å². The monoisotopic (exact) mass is 470 g/mol. The third-order valence-corrected chi connectivity index (χ3v) is 7.64. The van der Waals surface area contributed by atoms with Gasteiger partial charge in [0.15, 0.2) is 0 Å². The zero-order chi connectivity index (χ0) is 24.9. The van der Waals surface area contributed by atoms with Gasteiger partial charge in [-0.3, -0.25) is 23.9 Å². The average Bonchev–Trinajstić information content (AvgIpc) is 3.27. The molecule has 6 nitrogen and oxygen atoms in total. The second-order valence-corrected chi connectivity index (χ2v) is 9.56. The van der Waals surface area contributed by atoms with Gasteiger partial charge in [-0.1, -0.05) is 24.3 Å². The van der Waals surface area contributed by atoms with Crippen LogP contribution >= 0.6 is 0 Å². The fourth-order valence-corrected chi connectivity index (χ4v) is 5.64. The summed E-state index contributed by atoms with van der Waals surface area (Å²) in [5.74, 6) is 0.470. The molecular formula is C30H22N4O2. The molecule has 4 aromatic carbocycles. The number of hydrogen-bond donors (Lipinski definition) is 0. The Hall–Kier alpha value is -4.58. The van der Waals surface area contributed by atoms with E-state index in [-0.39, 0.29) is 11.5 Å². The van der Waals surface area contributed by atoms with Crippen LogP contribution in [0.5, 0.6) is 0 Å². The van der Waals surface area contributed by atoms with E-state index in [4.69, 9.17) is 4.98 Å². The molecule has 2 aromatic heterocycles. The fraction of sp³-hybridized carbons (Fsp3) is 0.133. The van der Waals surface area contributed by atoms with Gasteiger partial charge < -0.3 is 0 Å². The van der Waals surface area contributed by atoms with Gasteiger partial charge in [0.1, 0.15) is 11.5 Å². The first-order valence-corrected chi connectivity index (χ1v) is 11.9. The molecule has 3 heterocycles. The second kappa shape index (κ2) is 6.98. The van der Waals surface area contributed by atoms with Crippen molar-refractivity contribution in [3.63, 3.8) is 0 Å². The van der Waals surface area contributed by atoms with E-state index in [1.54, 1.807) is 23.4 Å². The maximum Gasteiger partial charge on any atom is 0.264 e. The number of carbonyl (C=O) groups is 1. The first-order valence-electron chi connectivity index (χ1n) is 11.9. The lowest BCUT2D eigenvalue weighted by molar-refractivity contribution is 0.0870. The number of rotatable bonds is 1. The van der Waals surface area contributed by atoms with E-state index in [9.17, 15) is 9.59 Å². The van der Waals surface area contributed by atoms with Crippen LogP contribution in [0.4, 0.5) is 0 Å². The highest BCUT2D eigenvalue weighted by Gasteiger charge is 2.30. The molecule has 0 unspecified atom stereocenters. The predicted molar refractivity (Wildman–Crippen MR) is 145 cm³/mol. The van der Waals surface area contributed by atoms with E-state index in [1.807, 2.05) is 36.4 Å². The van der Waals surface area contributed by atoms with Gasteiger partial charge in [-0.15, -0.1) is 0 Å². The molecule has 1 amide bonds. The smallest absolute Gasteiger partial charge is 0.264 e. The molecule has 0 atom stereocenters. The van der Waals surface area contributed by atoms with Gasteiger partial charge in [-0.05, 0) is 72.5 Å². The van der Waals surface area contributed by atoms with Crippen molar-refractivity contribution in [1.29, 1.82) is 0 Å². The SMILES string of the molecule is C/N=C1/c2ccc3c(=O)n4c5cc(-c6ccc(C)c(C)c6)ccc5nc4c4ccc(c2c34)C(=O)N1C. The van der Waals surface area contributed by atoms with E-state index in [1.165, 1.54) is 11.1 Å². The van der Waals surface area contributed by atoms with Crippen molar-refractivity contribution in [3.8, 4) is 11.1 Å². The number of aromatic nitrogens is 2. The number of aliphatic imine (C=N–C) groups is 1. The summed E-state index contributed by atoms with van der Waals surface area (Å²) in [6, 6.07) is 20.0. The standard InChI is InChI=1S/C30H22N4O2/c1-15-5-6-17(13-16(15)2)18-7-12-23-24(14-18)34-28(32-23)20-9-10-21-25-19(27(31-3)33(4)29(21)35)8-11-22(26(20)25)30(34)36/h5-14H,1-4H3/b31-27-. The van der Waals surface area contributed by atoms with Gasteiger partial charge in [-0.2, -0.15) is 0 Å². The first-order chi connectivity index (χ1) is 17.4. The molecule has 6 aromatic rings. The number of amides is 1. The third kappa shape index (κ3) is 2.50. The average molecular weight is 471 g/mol. The Morgan fingerprint density at radius 2 is 1.50 bits per heavy atom. The number of nitrogens with zero attached hydrogens (tertiary/aromatic N) is 4. The summed E-state index contributed by atoms with van der Waals surface area (Å²) in [5.41, 5.74) is 8.04. The number of pyridine rings is 1. The lowest BCUT2D eigenvalue weighted by Gasteiger charge is -2.27. The summed E-state index contributed by atoms with van der Waals surface area (Å²) >= 11 is 0. The minimum absolute atomic E-state index is 0.128. The van der Waals surface area contributed by atoms with Crippen molar-refractivity contribution in [2.24, 2.45) is 4.99 Å². The summed E-state index contributed by atoms with van der Waals surface area (Å²) in [4.78, 5) is 37.9. The highest BCUT2D eigenvalue weighted by atomic mass is 16.2. The largest absolute Gasteiger partial charge is 0.296 e. The maximum atomic E-state index is 13.9. The molecule has 0 fully saturated rings. The Kier molecular flexibility index (Phi) is 4.03. The number of aryl methyl sites for hydroxylation is 2. The molecule has 1 aliphatic rings. The van der Waals surface area contributed by atoms with Crippen molar-refractivity contribution in [2.45, 2.75) is 13.8 Å². The first kappa shape index (κ1) is 20.8. The molecule has 7 rings (SSSR count). The Bertz CT molecular complexity index is 2030. The number of carbonyl (C=O) groups excluding carboxylic acids is 1. The van der Waals surface area contributed by atoms with Crippen molar-refractivity contribution in [2.75, 3.05) is 14.1 Å². The molecule has 0 aliphatic carbocycles. The van der Waals surface area contributed by atoms with Crippen molar-refractivity contribution in [1.82, 2.24) is 14.3 Å².